The van der Waals surface area contributed by atoms with Gasteiger partial charge in [0.2, 0.25) is 0 Å². The van der Waals surface area contributed by atoms with Crippen molar-refractivity contribution in [2.24, 2.45) is 11.7 Å². The van der Waals surface area contributed by atoms with E-state index in [2.05, 4.69) is 0 Å². The van der Waals surface area contributed by atoms with E-state index < -0.39 is 6.04 Å². The molecule has 0 saturated heterocycles. The maximum atomic E-state index is 12.0. The first-order chi connectivity index (χ1) is 8.15. The Bertz CT molecular complexity index is 337. The number of Topliss-reactive ketones (excluding diaryl/α,β-unsaturated/α-hetero) is 1. The molecule has 0 amide bonds. The molecule has 1 aromatic rings. The van der Waals surface area contributed by atoms with Gasteiger partial charge in [0.05, 0.1) is 6.04 Å². The number of carbonyl (C=O) groups is 1. The summed E-state index contributed by atoms with van der Waals surface area (Å²) in [5.41, 5.74) is 7.04. The van der Waals surface area contributed by atoms with Crippen molar-refractivity contribution in [3.63, 3.8) is 0 Å². The van der Waals surface area contributed by atoms with Crippen LogP contribution in [0.1, 0.15) is 18.9 Å². The van der Waals surface area contributed by atoms with Crippen LogP contribution in [0.2, 0.25) is 0 Å². The minimum Gasteiger partial charge on any atom is -0.385 e. The molecular formula is C14H21NO2. The topological polar surface area (TPSA) is 52.3 Å². The van der Waals surface area contributed by atoms with E-state index in [-0.39, 0.29) is 11.7 Å². The summed E-state index contributed by atoms with van der Waals surface area (Å²) in [5, 5.41) is 0. The van der Waals surface area contributed by atoms with Crippen LogP contribution in [-0.2, 0) is 16.0 Å². The first kappa shape index (κ1) is 13.9. The zero-order valence-corrected chi connectivity index (χ0v) is 10.6. The van der Waals surface area contributed by atoms with Crippen LogP contribution in [0.25, 0.3) is 0 Å². The number of hydrogen-bond donors (Lipinski definition) is 1. The largest absolute Gasteiger partial charge is 0.385 e. The van der Waals surface area contributed by atoms with Crippen LogP contribution < -0.4 is 5.73 Å². The van der Waals surface area contributed by atoms with Gasteiger partial charge in [-0.05, 0) is 18.4 Å². The van der Waals surface area contributed by atoms with E-state index in [9.17, 15) is 4.79 Å². The van der Waals surface area contributed by atoms with Crippen molar-refractivity contribution in [3.8, 4) is 0 Å². The van der Waals surface area contributed by atoms with Gasteiger partial charge in [-0.2, -0.15) is 0 Å². The van der Waals surface area contributed by atoms with Crippen molar-refractivity contribution in [1.82, 2.24) is 0 Å². The molecule has 17 heavy (non-hydrogen) atoms. The SMILES string of the molecule is COCCC(C)C(=O)C(N)Cc1ccccc1. The fraction of sp³-hybridized carbons (Fsp3) is 0.500. The Labute approximate surface area is 103 Å². The lowest BCUT2D eigenvalue weighted by atomic mass is 9.93. The van der Waals surface area contributed by atoms with Crippen molar-refractivity contribution < 1.29 is 9.53 Å². The van der Waals surface area contributed by atoms with Crippen LogP contribution in [0.15, 0.2) is 30.3 Å². The summed E-state index contributed by atoms with van der Waals surface area (Å²) in [5.74, 6) is 0.0829. The van der Waals surface area contributed by atoms with E-state index in [0.717, 1.165) is 12.0 Å². The first-order valence-corrected chi connectivity index (χ1v) is 5.97. The molecule has 2 atom stereocenters. The molecule has 2 unspecified atom stereocenters. The van der Waals surface area contributed by atoms with Gasteiger partial charge >= 0.3 is 0 Å². The highest BCUT2D eigenvalue weighted by atomic mass is 16.5. The molecule has 0 aliphatic heterocycles. The molecule has 3 heteroatoms. The Hall–Kier alpha value is -1.19. The van der Waals surface area contributed by atoms with Gasteiger partial charge in [-0.25, -0.2) is 0 Å². The molecule has 0 aromatic heterocycles. The summed E-state index contributed by atoms with van der Waals surface area (Å²) >= 11 is 0. The monoisotopic (exact) mass is 235 g/mol. The Kier molecular flexibility index (Phi) is 5.87. The third kappa shape index (κ3) is 4.67. The summed E-state index contributed by atoms with van der Waals surface area (Å²) < 4.78 is 4.97. The van der Waals surface area contributed by atoms with Gasteiger partial charge in [-0.1, -0.05) is 37.3 Å². The van der Waals surface area contributed by atoms with Crippen molar-refractivity contribution in [1.29, 1.82) is 0 Å². The van der Waals surface area contributed by atoms with Crippen molar-refractivity contribution in [3.05, 3.63) is 35.9 Å². The number of ether oxygens (including phenoxy) is 1. The number of nitrogens with two attached hydrogens (primary N) is 1. The van der Waals surface area contributed by atoms with Crippen LogP contribution in [0.5, 0.6) is 0 Å². The van der Waals surface area contributed by atoms with Gasteiger partial charge in [0.15, 0.2) is 5.78 Å². The number of methoxy groups -OCH3 is 1. The number of carbonyl (C=O) groups excluding carboxylic acids is 1. The van der Waals surface area contributed by atoms with Crippen molar-refractivity contribution in [2.75, 3.05) is 13.7 Å². The molecule has 0 aliphatic carbocycles. The zero-order chi connectivity index (χ0) is 12.7. The van der Waals surface area contributed by atoms with Gasteiger partial charge in [0.1, 0.15) is 0 Å². The normalized spacial score (nSPS) is 14.3. The summed E-state index contributed by atoms with van der Waals surface area (Å²) in [7, 11) is 1.64. The van der Waals surface area contributed by atoms with Gasteiger partial charge in [0.25, 0.3) is 0 Å². The smallest absolute Gasteiger partial charge is 0.152 e. The molecule has 0 aliphatic rings. The van der Waals surface area contributed by atoms with Gasteiger partial charge in [-0.15, -0.1) is 0 Å². The molecule has 0 bridgehead atoms. The Balaban J connectivity index is 2.47. The zero-order valence-electron chi connectivity index (χ0n) is 10.6. The van der Waals surface area contributed by atoms with E-state index in [1.807, 2.05) is 37.3 Å². The summed E-state index contributed by atoms with van der Waals surface area (Å²) in [6.45, 7) is 2.51. The second-order valence-corrected chi connectivity index (χ2v) is 4.38. The molecule has 0 saturated carbocycles. The Morgan fingerprint density at radius 2 is 2.00 bits per heavy atom. The standard InChI is InChI=1S/C14H21NO2/c1-11(8-9-17-2)14(16)13(15)10-12-6-4-3-5-7-12/h3-7,11,13H,8-10,15H2,1-2H3. The maximum Gasteiger partial charge on any atom is 0.152 e. The molecule has 0 heterocycles. The minimum absolute atomic E-state index is 0.0336. The molecule has 1 rings (SSSR count). The number of ketones is 1. The van der Waals surface area contributed by atoms with E-state index in [1.54, 1.807) is 7.11 Å². The molecule has 2 N–H and O–H groups in total. The second-order valence-electron chi connectivity index (χ2n) is 4.38. The highest BCUT2D eigenvalue weighted by Crippen LogP contribution is 2.09. The molecule has 0 radical (unpaired) electrons. The highest BCUT2D eigenvalue weighted by Gasteiger charge is 2.20. The fourth-order valence-corrected chi connectivity index (χ4v) is 1.77. The predicted molar refractivity (Wildman–Crippen MR) is 68.8 cm³/mol. The lowest BCUT2D eigenvalue weighted by Crippen LogP contribution is -2.36. The van der Waals surface area contributed by atoms with E-state index in [0.29, 0.717) is 13.0 Å². The molecule has 94 valence electrons. The summed E-state index contributed by atoms with van der Waals surface area (Å²) in [4.78, 5) is 12.0. The van der Waals surface area contributed by atoms with Gasteiger partial charge < -0.3 is 10.5 Å². The Morgan fingerprint density at radius 3 is 2.59 bits per heavy atom. The maximum absolute atomic E-state index is 12.0. The molecule has 0 fully saturated rings. The number of hydrogen-bond acceptors (Lipinski definition) is 3. The quantitative estimate of drug-likeness (QED) is 0.784. The second kappa shape index (κ2) is 7.20. The summed E-state index contributed by atoms with van der Waals surface area (Å²) in [6, 6.07) is 9.45. The summed E-state index contributed by atoms with van der Waals surface area (Å²) in [6.07, 6.45) is 1.34. The van der Waals surface area contributed by atoms with Crippen LogP contribution in [-0.4, -0.2) is 25.5 Å². The van der Waals surface area contributed by atoms with E-state index in [4.69, 9.17) is 10.5 Å². The fourth-order valence-electron chi connectivity index (χ4n) is 1.77. The van der Waals surface area contributed by atoms with Crippen LogP contribution in [0, 0.1) is 5.92 Å². The number of rotatable bonds is 7. The third-order valence-electron chi connectivity index (χ3n) is 2.90. The number of benzene rings is 1. The highest BCUT2D eigenvalue weighted by molar-refractivity contribution is 5.86. The molecule has 3 nitrogen and oxygen atoms in total. The van der Waals surface area contributed by atoms with Crippen LogP contribution in [0.4, 0.5) is 0 Å². The van der Waals surface area contributed by atoms with E-state index >= 15 is 0 Å². The van der Waals surface area contributed by atoms with Gasteiger partial charge in [0, 0.05) is 19.6 Å². The van der Waals surface area contributed by atoms with Crippen LogP contribution >= 0.6 is 0 Å². The van der Waals surface area contributed by atoms with Crippen molar-refractivity contribution in [2.45, 2.75) is 25.8 Å². The minimum atomic E-state index is -0.413. The predicted octanol–water partition coefficient (Wildman–Crippen LogP) is 1.80. The van der Waals surface area contributed by atoms with E-state index in [1.165, 1.54) is 0 Å². The molecular weight excluding hydrogens is 214 g/mol. The van der Waals surface area contributed by atoms with Crippen molar-refractivity contribution >= 4 is 5.78 Å². The third-order valence-corrected chi connectivity index (χ3v) is 2.90. The molecule has 0 spiro atoms. The average Bonchev–Trinajstić information content (AvgIpc) is 2.36. The first-order valence-electron chi connectivity index (χ1n) is 5.97. The lowest BCUT2D eigenvalue weighted by Gasteiger charge is -2.16. The Morgan fingerprint density at radius 1 is 1.35 bits per heavy atom. The molecule has 1 aromatic carbocycles. The van der Waals surface area contributed by atoms with Crippen LogP contribution in [0.3, 0.4) is 0 Å². The van der Waals surface area contributed by atoms with Gasteiger partial charge in [-0.3, -0.25) is 4.79 Å². The lowest BCUT2D eigenvalue weighted by molar-refractivity contribution is -0.124. The average molecular weight is 235 g/mol.